The maximum absolute atomic E-state index is 9.60. The zero-order valence-electron chi connectivity index (χ0n) is 2.33. The second-order valence-corrected chi connectivity index (χ2v) is 0.0845. The van der Waals surface area contributed by atoms with Crippen molar-refractivity contribution < 1.29 is 4.39 Å². The molecular formula is CFNNa. The summed E-state index contributed by atoms with van der Waals surface area (Å²) in [5, 5.41) is 6.65. The van der Waals surface area contributed by atoms with Crippen molar-refractivity contribution in [3.63, 3.8) is 0 Å². The number of hydrogen-bond donors (Lipinski definition) is 0. The Morgan fingerprint density at radius 2 is 1.75 bits per heavy atom. The largest absolute Gasteiger partial charge is 0.273 e. The van der Waals surface area contributed by atoms with Gasteiger partial charge in [-0.15, -0.1) is 4.39 Å². The molecule has 0 fully saturated rings. The number of hydrogen-bond acceptors (Lipinski definition) is 1. The Hall–Kier alpha value is 0.420. The first-order valence-electron chi connectivity index (χ1n) is 0.413. The van der Waals surface area contributed by atoms with Crippen LogP contribution >= 0.6 is 0 Å². The third-order valence-electron chi connectivity index (χ3n) is 0. The van der Waals surface area contributed by atoms with Crippen LogP contribution in [0.15, 0.2) is 0 Å². The van der Waals surface area contributed by atoms with Gasteiger partial charge >= 0.3 is 0 Å². The molecule has 3 heteroatoms. The zero-order chi connectivity index (χ0) is 2.71. The molecule has 0 aliphatic heterocycles. The van der Waals surface area contributed by atoms with E-state index in [0.717, 1.165) is 0 Å². The van der Waals surface area contributed by atoms with Crippen molar-refractivity contribution in [1.82, 2.24) is 0 Å². The van der Waals surface area contributed by atoms with Gasteiger partial charge in [-0.3, -0.25) is 0 Å². The molecule has 0 saturated carbocycles. The van der Waals surface area contributed by atoms with Crippen molar-refractivity contribution in [2.45, 2.75) is 0 Å². The molecule has 17 valence electrons. The van der Waals surface area contributed by atoms with Crippen LogP contribution < -0.4 is 0 Å². The summed E-state index contributed by atoms with van der Waals surface area (Å²) in [5.74, 6) is 0. The number of nitrogens with zero attached hydrogens (tertiary/aromatic N) is 1. The van der Waals surface area contributed by atoms with Crippen LogP contribution in [-0.2, 0) is 0 Å². The van der Waals surface area contributed by atoms with E-state index in [1.807, 2.05) is 0 Å². The van der Waals surface area contributed by atoms with Gasteiger partial charge in [0.15, 0.2) is 0 Å². The molecule has 1 radical (unpaired) electrons. The summed E-state index contributed by atoms with van der Waals surface area (Å²) in [6.45, 7) is 0. The molecule has 0 aromatic carbocycles. The van der Waals surface area contributed by atoms with E-state index in [4.69, 9.17) is 5.26 Å². The number of halogens is 1. The fourth-order valence-electron chi connectivity index (χ4n) is 0. The predicted octanol–water partition coefficient (Wildman–Crippen LogP) is 0.0562. The van der Waals surface area contributed by atoms with E-state index < -0.39 is 0 Å². The molecule has 0 unspecified atom stereocenters. The van der Waals surface area contributed by atoms with Crippen LogP contribution in [0.2, 0.25) is 0 Å². The van der Waals surface area contributed by atoms with Crippen molar-refractivity contribution in [3.8, 4) is 6.32 Å². The molecule has 0 aromatic heterocycles. The smallest absolute Gasteiger partial charge is 0.159 e. The maximum Gasteiger partial charge on any atom is 0.273 e. The van der Waals surface area contributed by atoms with Crippen LogP contribution in [0.1, 0.15) is 0 Å². The van der Waals surface area contributed by atoms with Crippen molar-refractivity contribution in [1.29, 1.82) is 5.26 Å². The molecule has 1 nitrogen and oxygen atoms in total. The standard InChI is InChI=1S/CFN.Na/c2-1-3;. The molecule has 0 bridgehead atoms. The third kappa shape index (κ3) is 27.7. The Labute approximate surface area is 45.7 Å². The number of rotatable bonds is 0. The van der Waals surface area contributed by atoms with Crippen LogP contribution in [0.3, 0.4) is 0 Å². The summed E-state index contributed by atoms with van der Waals surface area (Å²) < 4.78 is 9.60. The molecular weight excluding hydrogens is 68.0 g/mol. The van der Waals surface area contributed by atoms with E-state index in [9.17, 15) is 4.39 Å². The van der Waals surface area contributed by atoms with Crippen LogP contribution in [0, 0.1) is 11.6 Å². The quantitative estimate of drug-likeness (QED) is 0.368. The second kappa shape index (κ2) is 9.93. The van der Waals surface area contributed by atoms with E-state index in [0.29, 0.717) is 0 Å². The normalized spacial score (nSPS) is 2.00. The van der Waals surface area contributed by atoms with Crippen LogP contribution in [0.5, 0.6) is 0 Å². The van der Waals surface area contributed by atoms with Crippen LogP contribution in [-0.4, -0.2) is 29.6 Å². The molecule has 0 heterocycles. The third-order valence-corrected chi connectivity index (χ3v) is 0. The zero-order valence-corrected chi connectivity index (χ0v) is 4.33. The first-order chi connectivity index (χ1) is 1.41. The summed E-state index contributed by atoms with van der Waals surface area (Å²) in [5.41, 5.74) is 0. The Bertz CT molecular complexity index is 29.5. The van der Waals surface area contributed by atoms with E-state index in [1.54, 1.807) is 0 Å². The molecule has 0 spiro atoms. The monoisotopic (exact) mass is 68.0 g/mol. The van der Waals surface area contributed by atoms with Crippen LogP contribution in [0.25, 0.3) is 0 Å². The molecule has 0 aliphatic rings. The van der Waals surface area contributed by atoms with Crippen molar-refractivity contribution >= 4 is 29.6 Å². The summed E-state index contributed by atoms with van der Waals surface area (Å²) in [7, 11) is 0. The van der Waals surface area contributed by atoms with Gasteiger partial charge in [-0.1, -0.05) is 0 Å². The molecule has 4 heavy (non-hydrogen) atoms. The Kier molecular flexibility index (Phi) is 21.9. The molecule has 0 amide bonds. The van der Waals surface area contributed by atoms with E-state index >= 15 is 0 Å². The Morgan fingerprint density at radius 1 is 1.75 bits per heavy atom. The first kappa shape index (κ1) is 8.83. The molecule has 0 rings (SSSR count). The Balaban J connectivity index is 0. The fraction of sp³-hybridized carbons (Fsp3) is 0. The van der Waals surface area contributed by atoms with E-state index in [2.05, 4.69) is 0 Å². The van der Waals surface area contributed by atoms with Gasteiger partial charge in [0.1, 0.15) is 0 Å². The maximum atomic E-state index is 9.60. The van der Waals surface area contributed by atoms with Crippen LogP contribution in [0.4, 0.5) is 4.39 Å². The minimum absolute atomic E-state index is 0. The van der Waals surface area contributed by atoms with E-state index in [1.165, 1.54) is 0 Å². The summed E-state index contributed by atoms with van der Waals surface area (Å²) in [6.07, 6.45) is 0.250. The summed E-state index contributed by atoms with van der Waals surface area (Å²) in [6, 6.07) is 0. The first-order valence-corrected chi connectivity index (χ1v) is 0.413. The molecule has 0 atom stereocenters. The minimum atomic E-state index is 0. The van der Waals surface area contributed by atoms with Crippen molar-refractivity contribution in [2.24, 2.45) is 0 Å². The van der Waals surface area contributed by atoms with Gasteiger partial charge in [0.05, 0.1) is 0 Å². The van der Waals surface area contributed by atoms with E-state index in [-0.39, 0.29) is 35.9 Å². The van der Waals surface area contributed by atoms with Gasteiger partial charge in [0.2, 0.25) is 0 Å². The van der Waals surface area contributed by atoms with Gasteiger partial charge in [0.25, 0.3) is 6.32 Å². The average molecular weight is 68.0 g/mol. The van der Waals surface area contributed by atoms with Gasteiger partial charge in [-0.25, -0.2) is 0 Å². The summed E-state index contributed by atoms with van der Waals surface area (Å²) >= 11 is 0. The minimum Gasteiger partial charge on any atom is -0.159 e. The van der Waals surface area contributed by atoms with Gasteiger partial charge in [-0.2, -0.15) is 5.26 Å². The SMILES string of the molecule is N#CF.[Na]. The van der Waals surface area contributed by atoms with Gasteiger partial charge < -0.3 is 0 Å². The number of nitriles is 1. The second-order valence-electron chi connectivity index (χ2n) is 0.0845. The molecule has 0 saturated heterocycles. The predicted molar refractivity (Wildman–Crippen MR) is 12.5 cm³/mol. The van der Waals surface area contributed by atoms with Crippen molar-refractivity contribution in [2.75, 3.05) is 0 Å². The Morgan fingerprint density at radius 3 is 1.75 bits per heavy atom. The van der Waals surface area contributed by atoms with Crippen molar-refractivity contribution in [3.05, 3.63) is 0 Å². The summed E-state index contributed by atoms with van der Waals surface area (Å²) in [4.78, 5) is 0. The topological polar surface area (TPSA) is 23.8 Å². The van der Waals surface area contributed by atoms with Gasteiger partial charge in [-0.05, 0) is 0 Å². The average Bonchev–Trinajstić information content (AvgIpc) is 0.918. The molecule has 0 aromatic rings. The molecule has 0 N–H and O–H groups in total. The van der Waals surface area contributed by atoms with Gasteiger partial charge in [0, 0.05) is 29.6 Å². The fourth-order valence-corrected chi connectivity index (χ4v) is 0. The molecule has 0 aliphatic carbocycles.